The fourth-order valence-electron chi connectivity index (χ4n) is 2.16. The molecule has 3 aromatic rings. The molecule has 3 aromatic heterocycles. The van der Waals surface area contributed by atoms with Crippen molar-refractivity contribution in [3.05, 3.63) is 43.0 Å². The van der Waals surface area contributed by atoms with E-state index in [0.717, 1.165) is 17.4 Å². The summed E-state index contributed by atoms with van der Waals surface area (Å²) in [6.07, 6.45) is 7.77. The average molecular weight is 329 g/mol. The Morgan fingerprint density at radius 2 is 2.04 bits per heavy atom. The predicted molar refractivity (Wildman–Crippen MR) is 85.3 cm³/mol. The predicted octanol–water partition coefficient (Wildman–Crippen LogP) is 1.83. The Balaban J connectivity index is 2.19. The van der Waals surface area contributed by atoms with Gasteiger partial charge < -0.3 is 0 Å². The molecule has 0 bridgehead atoms. The van der Waals surface area contributed by atoms with E-state index in [2.05, 4.69) is 20.1 Å². The van der Waals surface area contributed by atoms with Crippen molar-refractivity contribution in [2.75, 3.05) is 6.26 Å². The molecule has 0 spiro atoms. The van der Waals surface area contributed by atoms with Gasteiger partial charge in [0.25, 0.3) is 0 Å². The van der Waals surface area contributed by atoms with Gasteiger partial charge in [-0.25, -0.2) is 18.4 Å². The molecule has 0 aliphatic heterocycles. The SMILES string of the molecule is CCn1cc(-c2ccnc(S(C)(=O)=O)n2)c(-c2cccnc2)n1. The highest BCUT2D eigenvalue weighted by Gasteiger charge is 2.17. The molecule has 118 valence electrons. The summed E-state index contributed by atoms with van der Waals surface area (Å²) in [4.78, 5) is 12.1. The molecule has 0 saturated heterocycles. The molecule has 0 saturated carbocycles. The lowest BCUT2D eigenvalue weighted by Crippen LogP contribution is -2.04. The third-order valence-corrected chi connectivity index (χ3v) is 4.12. The zero-order valence-electron chi connectivity index (χ0n) is 12.7. The zero-order chi connectivity index (χ0) is 16.4. The van der Waals surface area contributed by atoms with E-state index in [4.69, 9.17) is 0 Å². The number of sulfone groups is 1. The number of aryl methyl sites for hydroxylation is 1. The number of rotatable bonds is 4. The van der Waals surface area contributed by atoms with Crippen molar-refractivity contribution in [2.45, 2.75) is 18.6 Å². The molecule has 0 atom stereocenters. The second-order valence-electron chi connectivity index (χ2n) is 4.99. The van der Waals surface area contributed by atoms with Crippen LogP contribution >= 0.6 is 0 Å². The number of nitrogens with zero attached hydrogens (tertiary/aromatic N) is 5. The van der Waals surface area contributed by atoms with Crippen molar-refractivity contribution in [1.29, 1.82) is 0 Å². The fraction of sp³-hybridized carbons (Fsp3) is 0.200. The van der Waals surface area contributed by atoms with Crippen LogP contribution in [-0.2, 0) is 16.4 Å². The summed E-state index contributed by atoms with van der Waals surface area (Å²) in [5.74, 6) is 0. The Labute approximate surface area is 134 Å². The van der Waals surface area contributed by atoms with Crippen molar-refractivity contribution in [2.24, 2.45) is 0 Å². The van der Waals surface area contributed by atoms with Crippen LogP contribution in [0.3, 0.4) is 0 Å². The van der Waals surface area contributed by atoms with E-state index in [1.54, 1.807) is 23.1 Å². The Kier molecular flexibility index (Phi) is 3.91. The first-order valence-electron chi connectivity index (χ1n) is 7.00. The Bertz CT molecular complexity index is 936. The maximum absolute atomic E-state index is 11.7. The second-order valence-corrected chi connectivity index (χ2v) is 6.89. The van der Waals surface area contributed by atoms with E-state index >= 15 is 0 Å². The molecule has 3 rings (SSSR count). The first-order chi connectivity index (χ1) is 11.0. The lowest BCUT2D eigenvalue weighted by molar-refractivity contribution is 0.593. The van der Waals surface area contributed by atoms with Gasteiger partial charge in [0.1, 0.15) is 5.69 Å². The molecule has 3 heterocycles. The van der Waals surface area contributed by atoms with Crippen LogP contribution in [0.1, 0.15) is 6.92 Å². The van der Waals surface area contributed by atoms with Crippen LogP contribution in [0.2, 0.25) is 0 Å². The molecule has 0 fully saturated rings. The van der Waals surface area contributed by atoms with Crippen LogP contribution in [0, 0.1) is 0 Å². The van der Waals surface area contributed by atoms with E-state index in [-0.39, 0.29) is 5.16 Å². The lowest BCUT2D eigenvalue weighted by atomic mass is 10.1. The van der Waals surface area contributed by atoms with Gasteiger partial charge in [-0.3, -0.25) is 9.67 Å². The summed E-state index contributed by atoms with van der Waals surface area (Å²) in [6.45, 7) is 2.67. The minimum atomic E-state index is -3.47. The van der Waals surface area contributed by atoms with Crippen LogP contribution in [0.15, 0.2) is 48.1 Å². The van der Waals surface area contributed by atoms with Gasteiger partial charge in [-0.1, -0.05) is 0 Å². The van der Waals surface area contributed by atoms with Crippen LogP contribution in [0.5, 0.6) is 0 Å². The van der Waals surface area contributed by atoms with Crippen molar-refractivity contribution in [3.8, 4) is 22.5 Å². The van der Waals surface area contributed by atoms with Crippen LogP contribution in [0.25, 0.3) is 22.5 Å². The van der Waals surface area contributed by atoms with Crippen LogP contribution in [0.4, 0.5) is 0 Å². The molecule has 0 amide bonds. The molecular weight excluding hydrogens is 314 g/mol. The summed E-state index contributed by atoms with van der Waals surface area (Å²) in [5, 5.41) is 4.34. The van der Waals surface area contributed by atoms with E-state index in [0.29, 0.717) is 17.9 Å². The van der Waals surface area contributed by atoms with Gasteiger partial charge in [-0.2, -0.15) is 5.10 Å². The zero-order valence-corrected chi connectivity index (χ0v) is 13.5. The molecular formula is C15H15N5O2S. The normalized spacial score (nSPS) is 11.6. The monoisotopic (exact) mass is 329 g/mol. The molecule has 7 nitrogen and oxygen atoms in total. The third-order valence-electron chi connectivity index (χ3n) is 3.26. The first kappa shape index (κ1) is 15.3. The minimum absolute atomic E-state index is 0.198. The van der Waals surface area contributed by atoms with Gasteiger partial charge >= 0.3 is 0 Å². The van der Waals surface area contributed by atoms with Crippen molar-refractivity contribution >= 4 is 9.84 Å². The highest BCUT2D eigenvalue weighted by molar-refractivity contribution is 7.90. The number of aromatic nitrogens is 5. The quantitative estimate of drug-likeness (QED) is 0.678. The summed E-state index contributed by atoms with van der Waals surface area (Å²) in [6, 6.07) is 5.40. The largest absolute Gasteiger partial charge is 0.272 e. The second kappa shape index (κ2) is 5.88. The van der Waals surface area contributed by atoms with Crippen molar-refractivity contribution in [3.63, 3.8) is 0 Å². The Morgan fingerprint density at radius 1 is 1.22 bits per heavy atom. The van der Waals surface area contributed by atoms with Gasteiger partial charge in [0.2, 0.25) is 15.0 Å². The maximum atomic E-state index is 11.7. The molecule has 0 radical (unpaired) electrons. The highest BCUT2D eigenvalue weighted by Crippen LogP contribution is 2.29. The number of hydrogen-bond acceptors (Lipinski definition) is 6. The van der Waals surface area contributed by atoms with Gasteiger partial charge in [0, 0.05) is 48.7 Å². The fourth-order valence-corrected chi connectivity index (χ4v) is 2.67. The third kappa shape index (κ3) is 3.11. The van der Waals surface area contributed by atoms with E-state index in [1.165, 1.54) is 6.20 Å². The van der Waals surface area contributed by atoms with Gasteiger partial charge in [0.05, 0.1) is 5.69 Å². The van der Waals surface area contributed by atoms with Gasteiger partial charge in [0.15, 0.2) is 0 Å². The minimum Gasteiger partial charge on any atom is -0.272 e. The summed E-state index contributed by atoms with van der Waals surface area (Å²) in [5.41, 5.74) is 2.80. The number of pyridine rings is 1. The maximum Gasteiger partial charge on any atom is 0.247 e. The molecule has 0 aromatic carbocycles. The van der Waals surface area contributed by atoms with Crippen LogP contribution < -0.4 is 0 Å². The molecule has 0 unspecified atom stereocenters. The topological polar surface area (TPSA) is 90.6 Å². The smallest absolute Gasteiger partial charge is 0.247 e. The average Bonchev–Trinajstić information content (AvgIpc) is 2.99. The van der Waals surface area contributed by atoms with Crippen molar-refractivity contribution < 1.29 is 8.42 Å². The molecule has 0 N–H and O–H groups in total. The van der Waals surface area contributed by atoms with Gasteiger partial charge in [-0.15, -0.1) is 0 Å². The molecule has 0 aliphatic rings. The summed E-state index contributed by atoms with van der Waals surface area (Å²) < 4.78 is 25.1. The lowest BCUT2D eigenvalue weighted by Gasteiger charge is -2.03. The number of hydrogen-bond donors (Lipinski definition) is 0. The summed E-state index contributed by atoms with van der Waals surface area (Å²) >= 11 is 0. The standard InChI is InChI=1S/C15H15N5O2S/c1-3-20-10-12(14(19-20)11-5-4-7-16-9-11)13-6-8-17-15(18-13)23(2,21)22/h4-10H,3H2,1-2H3. The van der Waals surface area contributed by atoms with Crippen molar-refractivity contribution in [1.82, 2.24) is 24.7 Å². The van der Waals surface area contributed by atoms with Gasteiger partial charge in [-0.05, 0) is 25.1 Å². The van der Waals surface area contributed by atoms with E-state index < -0.39 is 9.84 Å². The Morgan fingerprint density at radius 3 is 2.70 bits per heavy atom. The Hall–Kier alpha value is -2.61. The highest BCUT2D eigenvalue weighted by atomic mass is 32.2. The molecule has 8 heteroatoms. The van der Waals surface area contributed by atoms with Crippen LogP contribution in [-0.4, -0.2) is 39.4 Å². The summed E-state index contributed by atoms with van der Waals surface area (Å²) in [7, 11) is -3.47. The van der Waals surface area contributed by atoms with E-state index in [1.807, 2.05) is 25.3 Å². The molecule has 23 heavy (non-hydrogen) atoms. The molecule has 0 aliphatic carbocycles. The first-order valence-corrected chi connectivity index (χ1v) is 8.89. The van der Waals surface area contributed by atoms with E-state index in [9.17, 15) is 8.42 Å².